The van der Waals surface area contributed by atoms with Gasteiger partial charge in [-0.05, 0) is 48.0 Å². The van der Waals surface area contributed by atoms with Crippen LogP contribution in [0.5, 0.6) is 0 Å². The van der Waals surface area contributed by atoms with Crippen molar-refractivity contribution >= 4 is 70.1 Å². The summed E-state index contributed by atoms with van der Waals surface area (Å²) in [5.41, 5.74) is 0.966. The molecule has 0 aromatic heterocycles. The maximum Gasteiger partial charge on any atom is 0.338 e. The fraction of sp³-hybridized carbons (Fsp3) is 0.118. The van der Waals surface area contributed by atoms with Gasteiger partial charge in [0, 0.05) is 6.42 Å². The highest BCUT2D eigenvalue weighted by atomic mass is 35.5. The summed E-state index contributed by atoms with van der Waals surface area (Å²) in [6.07, 6.45) is -0.104. The third-order valence-corrected chi connectivity index (χ3v) is 7.64. The van der Waals surface area contributed by atoms with E-state index in [1.807, 2.05) is 0 Å². The zero-order valence-electron chi connectivity index (χ0n) is 24.4. The largest absolute Gasteiger partial charge is 0.454 e. The summed E-state index contributed by atoms with van der Waals surface area (Å²) in [6.45, 7) is -1.35. The number of benzene rings is 4. The lowest BCUT2D eigenvalue weighted by Crippen LogP contribution is -2.47. The summed E-state index contributed by atoms with van der Waals surface area (Å²) in [5.74, 6) is -4.90. The molecule has 0 unspecified atom stereocenters. The van der Waals surface area contributed by atoms with Crippen molar-refractivity contribution in [3.63, 3.8) is 0 Å². The van der Waals surface area contributed by atoms with Crippen molar-refractivity contribution in [2.45, 2.75) is 12.5 Å². The molecule has 0 saturated carbocycles. The van der Waals surface area contributed by atoms with E-state index in [-0.39, 0.29) is 28.1 Å². The lowest BCUT2D eigenvalue weighted by Gasteiger charge is -2.24. The van der Waals surface area contributed by atoms with Crippen molar-refractivity contribution in [2.24, 2.45) is 0 Å². The molecule has 0 radical (unpaired) electrons. The number of hydrogen-bond donors (Lipinski definition) is 2. The third-order valence-electron chi connectivity index (χ3n) is 6.99. The van der Waals surface area contributed by atoms with E-state index in [9.17, 15) is 28.8 Å². The molecule has 1 atom stereocenters. The predicted molar refractivity (Wildman–Crippen MR) is 172 cm³/mol. The Morgan fingerprint density at radius 3 is 1.79 bits per heavy atom. The number of anilines is 2. The average Bonchev–Trinajstić information content (AvgIpc) is 3.32. The van der Waals surface area contributed by atoms with Crippen molar-refractivity contribution in [1.29, 1.82) is 0 Å². The Bertz CT molecular complexity index is 1880. The molecule has 2 N–H and O–H groups in total. The first-order valence-electron chi connectivity index (χ1n) is 14.1. The summed E-state index contributed by atoms with van der Waals surface area (Å²) in [5, 5.41) is 5.64. The molecule has 1 aliphatic heterocycles. The minimum absolute atomic E-state index is 0.0506. The first kappa shape index (κ1) is 32.9. The maximum atomic E-state index is 13.6. The molecule has 0 spiro atoms. The average molecular weight is 674 g/mol. The van der Waals surface area contributed by atoms with Crippen molar-refractivity contribution in [3.05, 3.63) is 129 Å². The fourth-order valence-electron chi connectivity index (χ4n) is 4.73. The maximum absolute atomic E-state index is 13.6. The van der Waals surface area contributed by atoms with Gasteiger partial charge in [0.2, 0.25) is 0 Å². The molecular weight excluding hydrogens is 649 g/mol. The number of para-hydroxylation sites is 2. The number of amides is 4. The van der Waals surface area contributed by atoms with Crippen LogP contribution in [0.15, 0.2) is 97.1 Å². The molecule has 1 heterocycles. The number of nitrogens with one attached hydrogen (secondary N) is 2. The number of nitrogens with zero attached hydrogens (tertiary/aromatic N) is 1. The van der Waals surface area contributed by atoms with Gasteiger partial charge in [-0.2, -0.15) is 0 Å². The van der Waals surface area contributed by atoms with Crippen LogP contribution < -0.4 is 10.6 Å². The van der Waals surface area contributed by atoms with Crippen LogP contribution in [0.25, 0.3) is 0 Å². The minimum Gasteiger partial charge on any atom is -0.454 e. The van der Waals surface area contributed by atoms with Gasteiger partial charge in [-0.15, -0.1) is 0 Å². The van der Waals surface area contributed by atoms with E-state index in [0.29, 0.717) is 22.0 Å². The smallest absolute Gasteiger partial charge is 0.338 e. The second-order valence-corrected chi connectivity index (χ2v) is 11.0. The standard InChI is InChI=1S/C34H25Cl2N3O8/c35-24-10-4-6-12-26(24)37-29(40)18-46-33(44)21-14-15-22-23(17-21)32(43)39(31(22)42)28(16-20-8-2-1-3-9-20)34(45)47-19-30(41)38-27-13-7-5-11-25(27)36/h1-15,17,28H,16,18-19H2,(H,37,40)(H,38,41)/t28-/m0/s1. The van der Waals surface area contributed by atoms with E-state index >= 15 is 0 Å². The molecule has 13 heteroatoms. The van der Waals surface area contributed by atoms with Crippen molar-refractivity contribution in [3.8, 4) is 0 Å². The van der Waals surface area contributed by atoms with Crippen LogP contribution in [-0.2, 0) is 30.3 Å². The minimum atomic E-state index is -1.44. The van der Waals surface area contributed by atoms with Crippen LogP contribution in [0.2, 0.25) is 10.0 Å². The number of fused-ring (bicyclic) bond motifs is 1. The van der Waals surface area contributed by atoms with Gasteiger partial charge in [0.25, 0.3) is 23.6 Å². The Morgan fingerprint density at radius 2 is 1.19 bits per heavy atom. The van der Waals surface area contributed by atoms with Gasteiger partial charge < -0.3 is 20.1 Å². The van der Waals surface area contributed by atoms with E-state index in [2.05, 4.69) is 10.6 Å². The first-order chi connectivity index (χ1) is 22.6. The molecule has 0 fully saturated rings. The van der Waals surface area contributed by atoms with E-state index < -0.39 is 54.8 Å². The SMILES string of the molecule is O=C(COC(=O)c1ccc2c(c1)C(=O)N([C@@H](Cc1ccccc1)C(=O)OCC(=O)Nc1ccccc1Cl)C2=O)Nc1ccccc1Cl. The second kappa shape index (κ2) is 14.7. The highest BCUT2D eigenvalue weighted by Crippen LogP contribution is 2.28. The van der Waals surface area contributed by atoms with Crippen molar-refractivity contribution < 1.29 is 38.2 Å². The molecule has 11 nitrogen and oxygen atoms in total. The van der Waals surface area contributed by atoms with Crippen molar-refractivity contribution in [2.75, 3.05) is 23.8 Å². The topological polar surface area (TPSA) is 148 Å². The summed E-state index contributed by atoms with van der Waals surface area (Å²) < 4.78 is 10.4. The van der Waals surface area contributed by atoms with E-state index in [1.165, 1.54) is 12.1 Å². The molecule has 4 amide bonds. The quantitative estimate of drug-likeness (QED) is 0.164. The van der Waals surface area contributed by atoms with Gasteiger partial charge in [0.05, 0.1) is 38.1 Å². The number of carbonyl (C=O) groups excluding carboxylic acids is 6. The van der Waals surface area contributed by atoms with Crippen molar-refractivity contribution in [1.82, 2.24) is 4.90 Å². The number of hydrogen-bond acceptors (Lipinski definition) is 8. The normalized spacial score (nSPS) is 12.6. The Kier molecular flexibility index (Phi) is 10.3. The monoisotopic (exact) mass is 673 g/mol. The second-order valence-electron chi connectivity index (χ2n) is 10.2. The molecule has 4 aromatic rings. The third kappa shape index (κ3) is 7.83. The van der Waals surface area contributed by atoms with Gasteiger partial charge in [-0.3, -0.25) is 24.1 Å². The molecule has 0 aliphatic carbocycles. The summed E-state index contributed by atoms with van der Waals surface area (Å²) in [7, 11) is 0. The molecule has 0 saturated heterocycles. The number of rotatable bonds is 11. The van der Waals surface area contributed by atoms with Gasteiger partial charge in [-0.25, -0.2) is 9.59 Å². The predicted octanol–water partition coefficient (Wildman–Crippen LogP) is 5.18. The van der Waals surface area contributed by atoms with Gasteiger partial charge in [-0.1, -0.05) is 77.8 Å². The zero-order chi connectivity index (χ0) is 33.5. The highest BCUT2D eigenvalue weighted by molar-refractivity contribution is 6.34. The Morgan fingerprint density at radius 1 is 0.660 bits per heavy atom. The Balaban J connectivity index is 1.29. The van der Waals surface area contributed by atoms with Gasteiger partial charge in [0.1, 0.15) is 6.04 Å². The highest BCUT2D eigenvalue weighted by Gasteiger charge is 2.44. The molecule has 5 rings (SSSR count). The first-order valence-corrected chi connectivity index (χ1v) is 14.9. The van der Waals surface area contributed by atoms with Crippen LogP contribution >= 0.6 is 23.2 Å². The summed E-state index contributed by atoms with van der Waals surface area (Å²) >= 11 is 12.1. The van der Waals surface area contributed by atoms with Gasteiger partial charge in [0.15, 0.2) is 13.2 Å². The number of halogens is 2. The van der Waals surface area contributed by atoms with Gasteiger partial charge >= 0.3 is 11.9 Å². The number of imide groups is 1. The number of esters is 2. The van der Waals surface area contributed by atoms with Crippen LogP contribution in [0.1, 0.15) is 36.6 Å². The van der Waals surface area contributed by atoms with Crippen LogP contribution in [0.3, 0.4) is 0 Å². The van der Waals surface area contributed by atoms with E-state index in [0.717, 1.165) is 11.0 Å². The summed E-state index contributed by atoms with van der Waals surface area (Å²) in [4.78, 5) is 78.8. The molecule has 0 bridgehead atoms. The molecule has 238 valence electrons. The number of ether oxygens (including phenoxy) is 2. The van der Waals surface area contributed by atoms with Crippen LogP contribution in [0.4, 0.5) is 11.4 Å². The van der Waals surface area contributed by atoms with E-state index in [1.54, 1.807) is 78.9 Å². The van der Waals surface area contributed by atoms with Crippen LogP contribution in [-0.4, -0.2) is 59.7 Å². The molecule has 4 aromatic carbocycles. The Labute approximate surface area is 278 Å². The molecular formula is C34H25Cl2N3O8. The van der Waals surface area contributed by atoms with E-state index in [4.69, 9.17) is 32.7 Å². The Hall–Kier alpha value is -5.52. The number of carbonyl (C=O) groups is 6. The summed E-state index contributed by atoms with van der Waals surface area (Å²) in [6, 6.07) is 23.9. The molecule has 47 heavy (non-hydrogen) atoms. The lowest BCUT2D eigenvalue weighted by atomic mass is 10.0. The molecule has 1 aliphatic rings. The van der Waals surface area contributed by atoms with Crippen LogP contribution in [0, 0.1) is 0 Å². The lowest BCUT2D eigenvalue weighted by molar-refractivity contribution is -0.151. The zero-order valence-corrected chi connectivity index (χ0v) is 25.9. The fourth-order valence-corrected chi connectivity index (χ4v) is 5.10.